The molecule has 0 unspecified atom stereocenters. The van der Waals surface area contributed by atoms with Crippen molar-refractivity contribution in [3.63, 3.8) is 0 Å². The highest BCUT2D eigenvalue weighted by Gasteiger charge is 2.18. The summed E-state index contributed by atoms with van der Waals surface area (Å²) in [5.74, 6) is 0.360. The zero-order valence-electron chi connectivity index (χ0n) is 15.1. The number of para-hydroxylation sites is 1. The lowest BCUT2D eigenvalue weighted by Crippen LogP contribution is -2.20. The first-order valence-corrected chi connectivity index (χ1v) is 9.18. The number of benzene rings is 2. The van der Waals surface area contributed by atoms with Crippen LogP contribution in [-0.4, -0.2) is 16.6 Å². The van der Waals surface area contributed by atoms with Gasteiger partial charge < -0.3 is 4.42 Å². The van der Waals surface area contributed by atoms with Gasteiger partial charge in [0.1, 0.15) is 5.69 Å². The average molecular weight is 367 g/mol. The first-order valence-electron chi connectivity index (χ1n) is 9.18. The maximum Gasteiger partial charge on any atom is 0.272 e. The molecule has 1 aliphatic carbocycles. The molecule has 2 heterocycles. The lowest BCUT2D eigenvalue weighted by atomic mass is 10.1. The molecule has 5 nitrogen and oxygen atoms in total. The van der Waals surface area contributed by atoms with Crippen LogP contribution < -0.4 is 5.43 Å². The molecule has 2 aromatic heterocycles. The number of nitrogens with zero attached hydrogens (tertiary/aromatic N) is 2. The van der Waals surface area contributed by atoms with Gasteiger partial charge >= 0.3 is 0 Å². The van der Waals surface area contributed by atoms with Crippen LogP contribution in [0.15, 0.2) is 82.5 Å². The summed E-state index contributed by atoms with van der Waals surface area (Å²) in [4.78, 5) is 17.6. The molecule has 0 bridgehead atoms. The number of carbonyl (C=O) groups is 1. The molecule has 0 aliphatic heterocycles. The number of nitrogens with one attached hydrogen (secondary N) is 1. The van der Waals surface area contributed by atoms with E-state index in [4.69, 9.17) is 4.42 Å². The summed E-state index contributed by atoms with van der Waals surface area (Å²) < 4.78 is 5.46. The minimum absolute atomic E-state index is 0.261. The Bertz CT molecular complexity index is 1210. The first kappa shape index (κ1) is 16.4. The van der Waals surface area contributed by atoms with Crippen molar-refractivity contribution in [3.8, 4) is 11.5 Å². The number of carbonyl (C=O) groups excluding carboxylic acids is 1. The minimum atomic E-state index is -0.261. The van der Waals surface area contributed by atoms with E-state index in [1.54, 1.807) is 18.4 Å². The van der Waals surface area contributed by atoms with Gasteiger partial charge in [0.2, 0.25) is 0 Å². The van der Waals surface area contributed by atoms with Crippen molar-refractivity contribution in [3.05, 3.63) is 89.7 Å². The Morgan fingerprint density at radius 2 is 1.86 bits per heavy atom. The van der Waals surface area contributed by atoms with Gasteiger partial charge in [0.15, 0.2) is 5.76 Å². The summed E-state index contributed by atoms with van der Waals surface area (Å²) in [5, 5.41) is 5.19. The van der Waals surface area contributed by atoms with E-state index < -0.39 is 0 Å². The second kappa shape index (κ2) is 6.78. The summed E-state index contributed by atoms with van der Waals surface area (Å²) in [6.45, 7) is 0. The van der Waals surface area contributed by atoms with E-state index in [1.165, 1.54) is 5.56 Å². The van der Waals surface area contributed by atoms with E-state index in [2.05, 4.69) is 21.6 Å². The monoisotopic (exact) mass is 367 g/mol. The van der Waals surface area contributed by atoms with E-state index in [0.29, 0.717) is 17.0 Å². The van der Waals surface area contributed by atoms with Crippen molar-refractivity contribution in [2.75, 3.05) is 0 Å². The Labute approximate surface area is 161 Å². The fourth-order valence-corrected chi connectivity index (χ4v) is 3.62. The van der Waals surface area contributed by atoms with Gasteiger partial charge in [-0.15, -0.1) is 0 Å². The molecule has 0 spiro atoms. The van der Waals surface area contributed by atoms with Gasteiger partial charge in [0.05, 0.1) is 23.1 Å². The van der Waals surface area contributed by atoms with Crippen LogP contribution in [0, 0.1) is 0 Å². The van der Waals surface area contributed by atoms with Crippen molar-refractivity contribution in [1.29, 1.82) is 0 Å². The van der Waals surface area contributed by atoms with Crippen LogP contribution in [0.25, 0.3) is 22.4 Å². The number of hydrazone groups is 1. The van der Waals surface area contributed by atoms with E-state index in [-0.39, 0.29) is 5.91 Å². The Morgan fingerprint density at radius 3 is 2.75 bits per heavy atom. The van der Waals surface area contributed by atoms with Crippen LogP contribution in [0.2, 0.25) is 0 Å². The van der Waals surface area contributed by atoms with Crippen molar-refractivity contribution < 1.29 is 9.21 Å². The van der Waals surface area contributed by atoms with Gasteiger partial charge in [0.25, 0.3) is 5.91 Å². The van der Waals surface area contributed by atoms with Crippen LogP contribution in [0.5, 0.6) is 0 Å². The van der Waals surface area contributed by atoms with E-state index in [1.807, 2.05) is 48.5 Å². The summed E-state index contributed by atoms with van der Waals surface area (Å²) >= 11 is 0. The van der Waals surface area contributed by atoms with Crippen LogP contribution in [0.1, 0.15) is 27.9 Å². The Kier molecular flexibility index (Phi) is 3.98. The lowest BCUT2D eigenvalue weighted by Gasteiger charge is -2.08. The molecule has 136 valence electrons. The highest BCUT2D eigenvalue weighted by molar-refractivity contribution is 6.09. The number of pyridine rings is 1. The number of furan rings is 1. The lowest BCUT2D eigenvalue weighted by molar-refractivity contribution is 0.0956. The molecule has 5 heteroatoms. The van der Waals surface area contributed by atoms with Gasteiger partial charge in [-0.3, -0.25) is 4.79 Å². The van der Waals surface area contributed by atoms with Crippen molar-refractivity contribution in [2.45, 2.75) is 12.8 Å². The standard InChI is InChI=1S/C23H17N3O2/c27-23(26-25-20-12-11-15-6-1-2-7-16(15)20)18-14-21(22-10-5-13-28-22)24-19-9-4-3-8-17(18)19/h1-10,13-14H,11-12H2,(H,26,27)/b25-20-. The van der Waals surface area contributed by atoms with Crippen LogP contribution in [0.4, 0.5) is 0 Å². The number of aromatic nitrogens is 1. The Morgan fingerprint density at radius 1 is 1.00 bits per heavy atom. The Balaban J connectivity index is 1.52. The normalized spacial score (nSPS) is 14.4. The molecule has 0 radical (unpaired) electrons. The largest absolute Gasteiger partial charge is 0.463 e. The maximum absolute atomic E-state index is 13.0. The summed E-state index contributed by atoms with van der Waals surface area (Å²) in [6.07, 6.45) is 3.37. The average Bonchev–Trinajstić information content (AvgIpc) is 3.41. The molecular weight excluding hydrogens is 350 g/mol. The van der Waals surface area contributed by atoms with Crippen LogP contribution in [-0.2, 0) is 6.42 Å². The Hall–Kier alpha value is -3.73. The molecule has 28 heavy (non-hydrogen) atoms. The van der Waals surface area contributed by atoms with Gasteiger partial charge in [-0.2, -0.15) is 5.10 Å². The molecule has 0 fully saturated rings. The fourth-order valence-electron chi connectivity index (χ4n) is 3.62. The fraction of sp³-hybridized carbons (Fsp3) is 0.0870. The predicted molar refractivity (Wildman–Crippen MR) is 108 cm³/mol. The van der Waals surface area contributed by atoms with Gasteiger partial charge in [0, 0.05) is 10.9 Å². The summed E-state index contributed by atoms with van der Waals surface area (Å²) in [7, 11) is 0. The molecule has 5 rings (SSSR count). The predicted octanol–water partition coefficient (Wildman–Crippen LogP) is 4.58. The molecule has 2 aromatic carbocycles. The topological polar surface area (TPSA) is 67.5 Å². The first-order chi connectivity index (χ1) is 13.8. The zero-order valence-corrected chi connectivity index (χ0v) is 15.1. The second-order valence-corrected chi connectivity index (χ2v) is 6.71. The van der Waals surface area contributed by atoms with Crippen molar-refractivity contribution in [2.24, 2.45) is 5.10 Å². The molecule has 1 N–H and O–H groups in total. The number of fused-ring (bicyclic) bond motifs is 2. The molecule has 4 aromatic rings. The molecule has 1 aliphatic rings. The number of amides is 1. The smallest absolute Gasteiger partial charge is 0.272 e. The third-order valence-electron chi connectivity index (χ3n) is 4.99. The number of hydrogen-bond acceptors (Lipinski definition) is 4. The molecular formula is C23H17N3O2. The highest BCUT2D eigenvalue weighted by atomic mass is 16.3. The quantitative estimate of drug-likeness (QED) is 0.539. The third kappa shape index (κ3) is 2.87. The summed E-state index contributed by atoms with van der Waals surface area (Å²) in [6, 6.07) is 21.1. The molecule has 0 atom stereocenters. The SMILES string of the molecule is O=C(N/N=C1/CCc2ccccc21)c1cc(-c2ccco2)nc2ccccc12. The van der Waals surface area contributed by atoms with Crippen molar-refractivity contribution >= 4 is 22.5 Å². The minimum Gasteiger partial charge on any atom is -0.463 e. The van der Waals surface area contributed by atoms with Gasteiger partial charge in [-0.05, 0) is 42.7 Å². The molecule has 1 amide bonds. The zero-order chi connectivity index (χ0) is 18.9. The van der Waals surface area contributed by atoms with E-state index in [9.17, 15) is 4.79 Å². The van der Waals surface area contributed by atoms with Gasteiger partial charge in [-0.1, -0.05) is 42.5 Å². The van der Waals surface area contributed by atoms with E-state index in [0.717, 1.165) is 35.0 Å². The van der Waals surface area contributed by atoms with Crippen molar-refractivity contribution in [1.82, 2.24) is 10.4 Å². The number of aryl methyl sites for hydroxylation is 1. The number of hydrogen-bond donors (Lipinski definition) is 1. The number of rotatable bonds is 3. The highest BCUT2D eigenvalue weighted by Crippen LogP contribution is 2.25. The molecule has 0 saturated carbocycles. The second-order valence-electron chi connectivity index (χ2n) is 6.71. The summed E-state index contributed by atoms with van der Waals surface area (Å²) in [5.41, 5.74) is 7.90. The molecule has 0 saturated heterocycles. The van der Waals surface area contributed by atoms with Crippen LogP contribution in [0.3, 0.4) is 0 Å². The maximum atomic E-state index is 13.0. The van der Waals surface area contributed by atoms with Crippen LogP contribution >= 0.6 is 0 Å². The third-order valence-corrected chi connectivity index (χ3v) is 4.99. The van der Waals surface area contributed by atoms with E-state index >= 15 is 0 Å². The van der Waals surface area contributed by atoms with Gasteiger partial charge in [-0.25, -0.2) is 10.4 Å².